The maximum atomic E-state index is 14.6. The number of hydrogen-bond donors (Lipinski definition) is 0. The third kappa shape index (κ3) is 5.04. The van der Waals surface area contributed by atoms with Gasteiger partial charge in [-0.15, -0.1) is 6.58 Å². The van der Waals surface area contributed by atoms with Crippen molar-refractivity contribution in [3.05, 3.63) is 76.9 Å². The summed E-state index contributed by atoms with van der Waals surface area (Å²) in [5, 5.41) is 0. The van der Waals surface area contributed by atoms with Crippen LogP contribution in [0.1, 0.15) is 54.7 Å². The van der Waals surface area contributed by atoms with Crippen LogP contribution in [0.25, 0.3) is 0 Å². The number of rotatable bonds is 8. The second kappa shape index (κ2) is 10.1. The summed E-state index contributed by atoms with van der Waals surface area (Å²) in [7, 11) is 0. The summed E-state index contributed by atoms with van der Waals surface area (Å²) in [6.45, 7) is 5.30. The lowest BCUT2D eigenvalue weighted by Crippen LogP contribution is -2.21. The van der Waals surface area contributed by atoms with Gasteiger partial charge in [0.25, 0.3) is 0 Å². The second-order valence-electron chi connectivity index (χ2n) is 7.66. The van der Waals surface area contributed by atoms with Crippen LogP contribution in [0.2, 0.25) is 0 Å². The molecule has 0 atom stereocenters. The van der Waals surface area contributed by atoms with Gasteiger partial charge in [0.15, 0.2) is 23.2 Å². The van der Waals surface area contributed by atoms with E-state index in [0.717, 1.165) is 0 Å². The molecule has 3 rings (SSSR count). The molecule has 0 saturated heterocycles. The lowest BCUT2D eigenvalue weighted by Gasteiger charge is -2.29. The van der Waals surface area contributed by atoms with Crippen molar-refractivity contribution in [2.45, 2.75) is 57.7 Å². The first kappa shape index (κ1) is 22.3. The van der Waals surface area contributed by atoms with E-state index in [1.165, 1.54) is 25.1 Å². The molecule has 0 heterocycles. The van der Waals surface area contributed by atoms with Gasteiger partial charge in [0.1, 0.15) is 0 Å². The Hall–Kier alpha value is -2.34. The Balaban J connectivity index is 1.56. The van der Waals surface area contributed by atoms with E-state index in [1.807, 2.05) is 0 Å². The van der Waals surface area contributed by atoms with E-state index in [-0.39, 0.29) is 42.1 Å². The van der Waals surface area contributed by atoms with Crippen molar-refractivity contribution in [3.8, 4) is 5.75 Å². The van der Waals surface area contributed by atoms with E-state index < -0.39 is 23.3 Å². The van der Waals surface area contributed by atoms with Gasteiger partial charge in [-0.25, -0.2) is 13.2 Å². The van der Waals surface area contributed by atoms with Gasteiger partial charge < -0.3 is 9.47 Å². The van der Waals surface area contributed by atoms with Gasteiger partial charge in [0.05, 0.1) is 19.3 Å². The average molecular weight is 422 g/mol. The van der Waals surface area contributed by atoms with Crippen LogP contribution < -0.4 is 4.74 Å². The fourth-order valence-electron chi connectivity index (χ4n) is 3.77. The van der Waals surface area contributed by atoms with E-state index in [1.54, 1.807) is 12.1 Å². The summed E-state index contributed by atoms with van der Waals surface area (Å²) in [5.41, 5.74) is 0.775. The van der Waals surface area contributed by atoms with Crippen LogP contribution in [-0.2, 0) is 11.3 Å². The normalized spacial score (nSPS) is 19.0. The van der Waals surface area contributed by atoms with Crippen LogP contribution in [0, 0.1) is 30.2 Å². The number of aryl methyl sites for hydroxylation is 1. The molecule has 6 heteroatoms. The molecule has 2 aromatic rings. The third-order valence-electron chi connectivity index (χ3n) is 5.60. The first-order chi connectivity index (χ1) is 14.4. The van der Waals surface area contributed by atoms with E-state index in [9.17, 15) is 17.6 Å². The highest BCUT2D eigenvalue weighted by Gasteiger charge is 2.27. The Morgan fingerprint density at radius 2 is 1.67 bits per heavy atom. The Kier molecular flexibility index (Phi) is 7.53. The van der Waals surface area contributed by atoms with Crippen LogP contribution in [0.3, 0.4) is 0 Å². The van der Waals surface area contributed by atoms with Crippen molar-refractivity contribution in [1.29, 1.82) is 0 Å². The fourth-order valence-corrected chi connectivity index (χ4v) is 3.77. The minimum atomic E-state index is -0.966. The Bertz CT molecular complexity index is 889. The zero-order valence-electron chi connectivity index (χ0n) is 17.0. The number of ether oxygens (including phenoxy) is 2. The molecule has 162 valence electrons. The van der Waals surface area contributed by atoms with Crippen molar-refractivity contribution < 1.29 is 27.0 Å². The highest BCUT2D eigenvalue weighted by molar-refractivity contribution is 5.33. The fraction of sp³-hybridized carbons (Fsp3) is 0.417. The molecule has 0 unspecified atom stereocenters. The molecule has 0 radical (unpaired) electrons. The Morgan fingerprint density at radius 1 is 0.933 bits per heavy atom. The summed E-state index contributed by atoms with van der Waals surface area (Å²) in [5.74, 6) is -3.78. The quantitative estimate of drug-likeness (QED) is 0.266. The first-order valence-corrected chi connectivity index (χ1v) is 10.2. The zero-order valence-corrected chi connectivity index (χ0v) is 17.0. The minimum absolute atomic E-state index is 0.0158. The van der Waals surface area contributed by atoms with Gasteiger partial charge in [0, 0.05) is 5.56 Å². The molecule has 2 aromatic carbocycles. The lowest BCUT2D eigenvalue weighted by molar-refractivity contribution is 0.0116. The molecule has 0 spiro atoms. The molecule has 0 N–H and O–H groups in total. The number of halogens is 4. The maximum Gasteiger partial charge on any atom is 0.200 e. The molecule has 1 aliphatic rings. The monoisotopic (exact) mass is 422 g/mol. The molecule has 0 amide bonds. The van der Waals surface area contributed by atoms with Crippen LogP contribution in [0.4, 0.5) is 17.6 Å². The molecule has 1 aliphatic carbocycles. The lowest BCUT2D eigenvalue weighted by atomic mass is 9.82. The highest BCUT2D eigenvalue weighted by Crippen LogP contribution is 2.37. The summed E-state index contributed by atoms with van der Waals surface area (Å²) < 4.78 is 67.5. The first-order valence-electron chi connectivity index (χ1n) is 10.2. The molecule has 30 heavy (non-hydrogen) atoms. The molecule has 2 nitrogen and oxygen atoms in total. The van der Waals surface area contributed by atoms with Crippen LogP contribution in [0.5, 0.6) is 5.75 Å². The molecule has 1 fully saturated rings. The molecule has 0 bridgehead atoms. The van der Waals surface area contributed by atoms with Gasteiger partial charge in [-0.1, -0.05) is 24.3 Å². The van der Waals surface area contributed by atoms with Crippen molar-refractivity contribution in [2.24, 2.45) is 0 Å². The summed E-state index contributed by atoms with van der Waals surface area (Å²) in [4.78, 5) is 0. The Labute approximate surface area is 174 Å². The molecular weight excluding hydrogens is 396 g/mol. The van der Waals surface area contributed by atoms with E-state index in [2.05, 4.69) is 6.58 Å². The van der Waals surface area contributed by atoms with E-state index in [4.69, 9.17) is 9.47 Å². The second-order valence-corrected chi connectivity index (χ2v) is 7.66. The summed E-state index contributed by atoms with van der Waals surface area (Å²) in [6, 6.07) is 6.10. The van der Waals surface area contributed by atoms with Crippen molar-refractivity contribution in [1.82, 2.24) is 0 Å². The van der Waals surface area contributed by atoms with Gasteiger partial charge in [-0.2, -0.15) is 4.39 Å². The molecule has 1 saturated carbocycles. The minimum Gasteiger partial charge on any atom is -0.490 e. The number of hydrogen-bond acceptors (Lipinski definition) is 2. The average Bonchev–Trinajstić information content (AvgIpc) is 2.75. The summed E-state index contributed by atoms with van der Waals surface area (Å²) in [6.07, 6.45) is 4.60. The Morgan fingerprint density at radius 3 is 2.37 bits per heavy atom. The standard InChI is InChI=1S/C24H26F4O2/c1-3-4-13-29-20-12-11-19(23(27)24(20)28)16-7-9-18(10-8-16)30-14-17-6-5-15(2)21(25)22(17)26/h3,5-6,11-12,16,18H,1,4,7-10,13-14H2,2H3. The van der Waals surface area contributed by atoms with Crippen molar-refractivity contribution in [2.75, 3.05) is 6.61 Å². The van der Waals surface area contributed by atoms with Gasteiger partial charge in [-0.3, -0.25) is 0 Å². The van der Waals surface area contributed by atoms with Gasteiger partial charge >= 0.3 is 0 Å². The predicted molar refractivity (Wildman–Crippen MR) is 108 cm³/mol. The van der Waals surface area contributed by atoms with Gasteiger partial charge in [-0.05, 0) is 62.1 Å². The topological polar surface area (TPSA) is 18.5 Å². The van der Waals surface area contributed by atoms with Crippen molar-refractivity contribution >= 4 is 0 Å². The van der Waals surface area contributed by atoms with Crippen LogP contribution in [0.15, 0.2) is 36.9 Å². The third-order valence-corrected chi connectivity index (χ3v) is 5.60. The number of benzene rings is 2. The predicted octanol–water partition coefficient (Wildman–Crippen LogP) is 6.75. The van der Waals surface area contributed by atoms with E-state index >= 15 is 0 Å². The molecule has 0 aromatic heterocycles. The largest absolute Gasteiger partial charge is 0.490 e. The smallest absolute Gasteiger partial charge is 0.200 e. The highest BCUT2D eigenvalue weighted by atomic mass is 19.2. The summed E-state index contributed by atoms with van der Waals surface area (Å²) >= 11 is 0. The zero-order chi connectivity index (χ0) is 21.7. The SMILES string of the molecule is C=CCCOc1ccc(C2CCC(OCc3ccc(C)c(F)c3F)CC2)c(F)c1F. The van der Waals surface area contributed by atoms with Crippen LogP contribution in [-0.4, -0.2) is 12.7 Å². The maximum absolute atomic E-state index is 14.6. The van der Waals surface area contributed by atoms with Gasteiger partial charge in [0.2, 0.25) is 5.82 Å². The molecule has 0 aliphatic heterocycles. The molecular formula is C24H26F4O2. The van der Waals surface area contributed by atoms with Crippen molar-refractivity contribution in [3.63, 3.8) is 0 Å². The van der Waals surface area contributed by atoms with E-state index in [0.29, 0.717) is 37.7 Å². The van der Waals surface area contributed by atoms with Crippen LogP contribution >= 0.6 is 0 Å².